The molecule has 1 nitrogen and oxygen atoms in total. The van der Waals surface area contributed by atoms with Crippen molar-refractivity contribution in [1.29, 1.82) is 0 Å². The van der Waals surface area contributed by atoms with E-state index < -0.39 is 8.56 Å². The standard InChI is InChI=1S/C10H18OSi2/c1-2-3-6-9-7-4-5-8-10(9)13(11)12/h4-5,7-8,11,13H,2-3,6H2,1,12H3. The molecule has 0 amide bonds. The molecule has 1 rings (SSSR count). The van der Waals surface area contributed by atoms with E-state index in [1.807, 2.05) is 6.07 Å². The number of aryl methyl sites for hydroxylation is 1. The lowest BCUT2D eigenvalue weighted by Crippen LogP contribution is -2.33. The zero-order valence-corrected chi connectivity index (χ0v) is 11.6. The minimum atomic E-state index is -1.47. The van der Waals surface area contributed by atoms with E-state index in [0.29, 0.717) is 0 Å². The Morgan fingerprint density at radius 3 is 2.69 bits per heavy atom. The Labute approximate surface area is 84.7 Å². The second-order valence-corrected chi connectivity index (χ2v) is 8.73. The molecule has 72 valence electrons. The van der Waals surface area contributed by atoms with Gasteiger partial charge in [-0.3, -0.25) is 0 Å². The fraction of sp³-hybridized carbons (Fsp3) is 0.400. The molecule has 0 heterocycles. The number of unbranched alkanes of at least 4 members (excludes halogenated alkanes) is 1. The molecule has 0 saturated carbocycles. The minimum Gasteiger partial charge on any atom is -0.434 e. The topological polar surface area (TPSA) is 20.2 Å². The van der Waals surface area contributed by atoms with Gasteiger partial charge in [0.25, 0.3) is 0 Å². The van der Waals surface area contributed by atoms with E-state index in [4.69, 9.17) is 0 Å². The number of rotatable bonds is 4. The Kier molecular flexibility index (Phi) is 4.41. The van der Waals surface area contributed by atoms with Crippen LogP contribution in [0.25, 0.3) is 0 Å². The Morgan fingerprint density at radius 1 is 1.38 bits per heavy atom. The molecule has 0 bridgehead atoms. The molecule has 0 spiro atoms. The lowest BCUT2D eigenvalue weighted by Gasteiger charge is -2.09. The van der Waals surface area contributed by atoms with Crippen molar-refractivity contribution in [3.63, 3.8) is 0 Å². The van der Waals surface area contributed by atoms with Crippen LogP contribution < -0.4 is 5.19 Å². The highest BCUT2D eigenvalue weighted by Crippen LogP contribution is 2.02. The van der Waals surface area contributed by atoms with E-state index in [-0.39, 0.29) is 0 Å². The first-order valence-electron chi connectivity index (χ1n) is 5.01. The average Bonchev–Trinajstić information content (AvgIpc) is 2.15. The summed E-state index contributed by atoms with van der Waals surface area (Å²) in [5.74, 6) is 0. The zero-order valence-electron chi connectivity index (χ0n) is 8.46. The van der Waals surface area contributed by atoms with Crippen LogP contribution in [0, 0.1) is 0 Å². The van der Waals surface area contributed by atoms with Crippen LogP contribution in [0.3, 0.4) is 0 Å². The van der Waals surface area contributed by atoms with E-state index in [2.05, 4.69) is 25.1 Å². The Bertz CT molecular complexity index is 261. The number of hydrogen-bond donors (Lipinski definition) is 1. The molecule has 0 aliphatic rings. The predicted octanol–water partition coefficient (Wildman–Crippen LogP) is -0.186. The van der Waals surface area contributed by atoms with Crippen LogP contribution in [0.2, 0.25) is 0 Å². The minimum absolute atomic E-state index is 0.958. The van der Waals surface area contributed by atoms with Crippen molar-refractivity contribution in [2.24, 2.45) is 0 Å². The van der Waals surface area contributed by atoms with Gasteiger partial charge >= 0.3 is 0 Å². The molecule has 0 aromatic heterocycles. The quantitative estimate of drug-likeness (QED) is 0.683. The molecular weight excluding hydrogens is 192 g/mol. The summed E-state index contributed by atoms with van der Waals surface area (Å²) in [4.78, 5) is 9.70. The molecule has 0 radical (unpaired) electrons. The van der Waals surface area contributed by atoms with Gasteiger partial charge in [-0.05, 0) is 23.6 Å². The maximum Gasteiger partial charge on any atom is 0.179 e. The highest BCUT2D eigenvalue weighted by Gasteiger charge is 2.07. The first-order valence-corrected chi connectivity index (χ1v) is 10.7. The van der Waals surface area contributed by atoms with Crippen LogP contribution in [0.4, 0.5) is 0 Å². The molecule has 1 N–H and O–H groups in total. The zero-order chi connectivity index (χ0) is 9.68. The summed E-state index contributed by atoms with van der Waals surface area (Å²) >= 11 is 0. The monoisotopic (exact) mass is 210 g/mol. The fourth-order valence-electron chi connectivity index (χ4n) is 1.54. The predicted molar refractivity (Wildman–Crippen MR) is 64.0 cm³/mol. The molecular formula is C10H18OSi2. The van der Waals surface area contributed by atoms with Gasteiger partial charge < -0.3 is 4.80 Å². The summed E-state index contributed by atoms with van der Waals surface area (Å²) in [6, 6.07) is 8.39. The first-order chi connectivity index (χ1) is 6.25. The third kappa shape index (κ3) is 3.10. The molecule has 13 heavy (non-hydrogen) atoms. The van der Waals surface area contributed by atoms with E-state index in [0.717, 1.165) is 16.2 Å². The van der Waals surface area contributed by atoms with E-state index in [9.17, 15) is 4.80 Å². The molecule has 1 unspecified atom stereocenters. The third-order valence-electron chi connectivity index (χ3n) is 2.30. The van der Waals surface area contributed by atoms with Crippen LogP contribution in [-0.4, -0.2) is 23.1 Å². The van der Waals surface area contributed by atoms with Crippen molar-refractivity contribution in [2.45, 2.75) is 26.2 Å². The number of benzene rings is 1. The average molecular weight is 210 g/mol. The molecule has 1 atom stereocenters. The lowest BCUT2D eigenvalue weighted by molar-refractivity contribution is 0.606. The van der Waals surface area contributed by atoms with Crippen LogP contribution in [0.1, 0.15) is 25.3 Å². The SMILES string of the molecule is CCCCc1ccccc1[SiH](O)[SiH3]. The maximum atomic E-state index is 9.70. The van der Waals surface area contributed by atoms with Crippen molar-refractivity contribution in [3.8, 4) is 0 Å². The summed E-state index contributed by atoms with van der Waals surface area (Å²) in [6.45, 7) is 2.21. The molecule has 0 aliphatic heterocycles. The Balaban J connectivity index is 2.78. The van der Waals surface area contributed by atoms with Crippen molar-refractivity contribution in [1.82, 2.24) is 0 Å². The summed E-state index contributed by atoms with van der Waals surface area (Å²) in [7, 11) is -0.514. The van der Waals surface area contributed by atoms with Gasteiger partial charge in [0.2, 0.25) is 0 Å². The molecule has 1 aromatic rings. The Hall–Kier alpha value is -0.386. The summed E-state index contributed by atoms with van der Waals surface area (Å²) in [5, 5.41) is 1.28. The van der Waals surface area contributed by atoms with Gasteiger partial charge in [0.15, 0.2) is 8.56 Å². The summed E-state index contributed by atoms with van der Waals surface area (Å²) in [6.07, 6.45) is 3.60. The highest BCUT2D eigenvalue weighted by molar-refractivity contribution is 7.06. The Morgan fingerprint density at radius 2 is 2.08 bits per heavy atom. The van der Waals surface area contributed by atoms with Gasteiger partial charge in [-0.25, -0.2) is 0 Å². The third-order valence-corrected chi connectivity index (χ3v) is 5.63. The van der Waals surface area contributed by atoms with Crippen molar-refractivity contribution >= 4 is 23.5 Å². The normalized spacial score (nSPS) is 13.1. The van der Waals surface area contributed by atoms with Crippen LogP contribution in [0.15, 0.2) is 24.3 Å². The molecule has 0 saturated heterocycles. The van der Waals surface area contributed by atoms with Crippen LogP contribution >= 0.6 is 0 Å². The molecule has 0 fully saturated rings. The van der Waals surface area contributed by atoms with Gasteiger partial charge in [-0.1, -0.05) is 37.6 Å². The highest BCUT2D eigenvalue weighted by atomic mass is 29.2. The van der Waals surface area contributed by atoms with Gasteiger partial charge in [-0.2, -0.15) is 0 Å². The lowest BCUT2D eigenvalue weighted by atomic mass is 10.1. The fourth-order valence-corrected chi connectivity index (χ4v) is 4.39. The largest absolute Gasteiger partial charge is 0.434 e. The van der Waals surface area contributed by atoms with Crippen molar-refractivity contribution in [3.05, 3.63) is 29.8 Å². The van der Waals surface area contributed by atoms with Crippen molar-refractivity contribution in [2.75, 3.05) is 0 Å². The van der Waals surface area contributed by atoms with E-state index in [1.165, 1.54) is 23.6 Å². The smallest absolute Gasteiger partial charge is 0.179 e. The van der Waals surface area contributed by atoms with Gasteiger partial charge in [0, 0.05) is 9.76 Å². The van der Waals surface area contributed by atoms with Crippen LogP contribution in [-0.2, 0) is 6.42 Å². The van der Waals surface area contributed by atoms with E-state index in [1.54, 1.807) is 0 Å². The maximum absolute atomic E-state index is 9.70. The molecule has 1 aromatic carbocycles. The number of hydrogen-bond acceptors (Lipinski definition) is 1. The molecule has 3 heteroatoms. The van der Waals surface area contributed by atoms with Crippen molar-refractivity contribution < 1.29 is 4.80 Å². The first kappa shape index (κ1) is 10.7. The van der Waals surface area contributed by atoms with Crippen LogP contribution in [0.5, 0.6) is 0 Å². The van der Waals surface area contributed by atoms with Gasteiger partial charge in [-0.15, -0.1) is 0 Å². The second-order valence-electron chi connectivity index (χ2n) is 3.48. The second kappa shape index (κ2) is 5.37. The molecule has 0 aliphatic carbocycles. The van der Waals surface area contributed by atoms with E-state index >= 15 is 0 Å². The summed E-state index contributed by atoms with van der Waals surface area (Å²) < 4.78 is 0. The van der Waals surface area contributed by atoms with Gasteiger partial charge in [0.05, 0.1) is 0 Å². The van der Waals surface area contributed by atoms with Gasteiger partial charge in [0.1, 0.15) is 0 Å². The summed E-state index contributed by atoms with van der Waals surface area (Å²) in [5.41, 5.74) is 1.39.